The van der Waals surface area contributed by atoms with Crippen LogP contribution in [0.4, 0.5) is 11.4 Å². The number of nitrogens with zero attached hydrogens (tertiary/aromatic N) is 2. The first kappa shape index (κ1) is 17.8. The van der Waals surface area contributed by atoms with Crippen LogP contribution in [0.5, 0.6) is 5.75 Å². The Bertz CT molecular complexity index is 691. The number of rotatable bonds is 7. The summed E-state index contributed by atoms with van der Waals surface area (Å²) in [6.07, 6.45) is 4.93. The first-order valence-electron chi connectivity index (χ1n) is 8.75. The molecule has 2 bridgehead atoms. The summed E-state index contributed by atoms with van der Waals surface area (Å²) in [6.45, 7) is 6.69. The van der Waals surface area contributed by atoms with Crippen molar-refractivity contribution in [1.82, 2.24) is 4.90 Å². The number of nitrogens with one attached hydrogen (secondary N) is 1. The molecule has 0 radical (unpaired) electrons. The van der Waals surface area contributed by atoms with Gasteiger partial charge >= 0.3 is 0 Å². The van der Waals surface area contributed by atoms with Crippen LogP contribution in [-0.4, -0.2) is 51.1 Å². The smallest absolute Gasteiger partial charge is 0.247 e. The molecular formula is C20H29N3O2. The molecule has 5 nitrogen and oxygen atoms in total. The number of ether oxygens (including phenoxy) is 1. The summed E-state index contributed by atoms with van der Waals surface area (Å²) >= 11 is 0. The van der Waals surface area contributed by atoms with Gasteiger partial charge in [0.1, 0.15) is 5.75 Å². The third-order valence-electron chi connectivity index (χ3n) is 5.79. The van der Waals surface area contributed by atoms with Crippen LogP contribution >= 0.6 is 0 Å². The molecule has 0 saturated heterocycles. The van der Waals surface area contributed by atoms with Crippen LogP contribution < -0.4 is 15.0 Å². The number of carbonyl (C=O) groups is 1. The van der Waals surface area contributed by atoms with Gasteiger partial charge in [0.25, 0.3) is 0 Å². The van der Waals surface area contributed by atoms with Crippen LogP contribution in [0.25, 0.3) is 0 Å². The molecule has 1 amide bonds. The van der Waals surface area contributed by atoms with E-state index in [1.165, 1.54) is 25.3 Å². The van der Waals surface area contributed by atoms with Crippen molar-refractivity contribution in [3.8, 4) is 5.75 Å². The third-order valence-corrected chi connectivity index (χ3v) is 5.79. The van der Waals surface area contributed by atoms with Gasteiger partial charge in [-0.2, -0.15) is 0 Å². The molecule has 0 heterocycles. The highest BCUT2D eigenvalue weighted by Gasteiger charge is 2.69. The zero-order chi connectivity index (χ0) is 18.4. The lowest BCUT2D eigenvalue weighted by Crippen LogP contribution is -2.76. The van der Waals surface area contributed by atoms with E-state index in [9.17, 15) is 4.79 Å². The van der Waals surface area contributed by atoms with Gasteiger partial charge in [0, 0.05) is 25.2 Å². The second-order valence-electron chi connectivity index (χ2n) is 8.08. The Morgan fingerprint density at radius 3 is 2.48 bits per heavy atom. The molecule has 1 aromatic rings. The van der Waals surface area contributed by atoms with Crippen LogP contribution in [0.15, 0.2) is 24.8 Å². The van der Waals surface area contributed by atoms with Gasteiger partial charge in [0.2, 0.25) is 5.91 Å². The number of benzene rings is 1. The maximum absolute atomic E-state index is 11.9. The number of aryl methyl sites for hydroxylation is 1. The Hall–Kier alpha value is -2.01. The van der Waals surface area contributed by atoms with Gasteiger partial charge in [-0.3, -0.25) is 4.79 Å². The molecule has 4 rings (SSSR count). The fourth-order valence-corrected chi connectivity index (χ4v) is 4.85. The second kappa shape index (κ2) is 6.06. The van der Waals surface area contributed by atoms with E-state index in [0.29, 0.717) is 5.41 Å². The molecule has 3 aliphatic rings. The lowest BCUT2D eigenvalue weighted by molar-refractivity contribution is -0.143. The minimum Gasteiger partial charge on any atom is -0.496 e. The standard InChI is InChI=1S/C20H29N3O2/c1-7-18(24)21-15-8-14(2)17(25-6)9-16(15)23(5)20-10-19(11-20,12-20)13-22(3)4/h7-9H,1,10-13H2,2-6H3,(H,21,24). The topological polar surface area (TPSA) is 44.8 Å². The van der Waals surface area contributed by atoms with E-state index < -0.39 is 0 Å². The molecule has 0 aliphatic heterocycles. The molecule has 0 atom stereocenters. The fraction of sp³-hybridized carbons (Fsp3) is 0.550. The van der Waals surface area contributed by atoms with Gasteiger partial charge in [-0.15, -0.1) is 0 Å². The number of methoxy groups -OCH3 is 1. The van der Waals surface area contributed by atoms with Crippen molar-refractivity contribution in [2.24, 2.45) is 5.41 Å². The first-order valence-corrected chi connectivity index (χ1v) is 8.75. The quantitative estimate of drug-likeness (QED) is 0.773. The minimum absolute atomic E-state index is 0.194. The summed E-state index contributed by atoms with van der Waals surface area (Å²) in [7, 11) is 8.10. The molecule has 5 heteroatoms. The zero-order valence-electron chi connectivity index (χ0n) is 16.0. The predicted octanol–water partition coefficient (Wildman–Crippen LogP) is 3.05. The molecule has 0 spiro atoms. The average Bonchev–Trinajstić information content (AvgIpc) is 2.48. The fourth-order valence-electron chi connectivity index (χ4n) is 4.85. The van der Waals surface area contributed by atoms with Crippen molar-refractivity contribution in [1.29, 1.82) is 0 Å². The van der Waals surface area contributed by atoms with Crippen LogP contribution in [0.2, 0.25) is 0 Å². The highest BCUT2D eigenvalue weighted by atomic mass is 16.5. The van der Waals surface area contributed by atoms with Crippen molar-refractivity contribution < 1.29 is 9.53 Å². The summed E-state index contributed by atoms with van der Waals surface area (Å²) in [5.74, 6) is 0.647. The lowest BCUT2D eigenvalue weighted by Gasteiger charge is -2.74. The Balaban J connectivity index is 1.86. The third kappa shape index (κ3) is 2.91. The Morgan fingerprint density at radius 1 is 1.32 bits per heavy atom. The van der Waals surface area contributed by atoms with Crippen LogP contribution in [0.3, 0.4) is 0 Å². The van der Waals surface area contributed by atoms with E-state index in [4.69, 9.17) is 4.74 Å². The van der Waals surface area contributed by atoms with E-state index in [2.05, 4.69) is 42.8 Å². The molecule has 3 saturated carbocycles. The van der Waals surface area contributed by atoms with Crippen LogP contribution in [0, 0.1) is 12.3 Å². The number of hydrogen-bond acceptors (Lipinski definition) is 4. The van der Waals surface area contributed by atoms with Gasteiger partial charge in [-0.05, 0) is 63.4 Å². The SMILES string of the molecule is C=CC(=O)Nc1cc(C)c(OC)cc1N(C)C12CC(CN(C)C)(C1)C2. The van der Waals surface area contributed by atoms with Crippen molar-refractivity contribution in [3.05, 3.63) is 30.4 Å². The second-order valence-corrected chi connectivity index (χ2v) is 8.08. The Morgan fingerprint density at radius 2 is 1.96 bits per heavy atom. The van der Waals surface area contributed by atoms with E-state index in [0.717, 1.165) is 29.2 Å². The normalized spacial score (nSPS) is 26.5. The molecule has 3 fully saturated rings. The molecular weight excluding hydrogens is 314 g/mol. The summed E-state index contributed by atoms with van der Waals surface area (Å²) in [5.41, 5.74) is 3.52. The van der Waals surface area contributed by atoms with Gasteiger partial charge in [0.15, 0.2) is 0 Å². The zero-order valence-corrected chi connectivity index (χ0v) is 16.0. The molecule has 25 heavy (non-hydrogen) atoms. The highest BCUT2D eigenvalue weighted by Crippen LogP contribution is 2.70. The van der Waals surface area contributed by atoms with Gasteiger partial charge in [-0.25, -0.2) is 0 Å². The van der Waals surface area contributed by atoms with Gasteiger partial charge in [-0.1, -0.05) is 6.58 Å². The maximum Gasteiger partial charge on any atom is 0.247 e. The molecule has 136 valence electrons. The van der Waals surface area contributed by atoms with Crippen LogP contribution in [0.1, 0.15) is 24.8 Å². The number of amides is 1. The lowest BCUT2D eigenvalue weighted by atomic mass is 9.38. The molecule has 0 unspecified atom stereocenters. The molecule has 0 aromatic heterocycles. The number of carbonyl (C=O) groups excluding carboxylic acids is 1. The monoisotopic (exact) mass is 343 g/mol. The molecule has 1 N–H and O–H groups in total. The Kier molecular flexibility index (Phi) is 4.31. The van der Waals surface area contributed by atoms with Crippen LogP contribution in [-0.2, 0) is 4.79 Å². The van der Waals surface area contributed by atoms with Gasteiger partial charge < -0.3 is 19.9 Å². The summed E-state index contributed by atoms with van der Waals surface area (Å²) < 4.78 is 5.51. The number of anilines is 2. The molecule has 3 aliphatic carbocycles. The minimum atomic E-state index is -0.194. The average molecular weight is 343 g/mol. The van der Waals surface area contributed by atoms with Crippen molar-refractivity contribution in [2.45, 2.75) is 31.7 Å². The van der Waals surface area contributed by atoms with Crippen molar-refractivity contribution in [3.63, 3.8) is 0 Å². The largest absolute Gasteiger partial charge is 0.496 e. The van der Waals surface area contributed by atoms with E-state index in [1.807, 2.05) is 19.1 Å². The van der Waals surface area contributed by atoms with Crippen molar-refractivity contribution in [2.75, 3.05) is 45.0 Å². The Labute approximate surface area is 150 Å². The predicted molar refractivity (Wildman–Crippen MR) is 103 cm³/mol. The van der Waals surface area contributed by atoms with E-state index in [1.54, 1.807) is 7.11 Å². The van der Waals surface area contributed by atoms with Gasteiger partial charge in [0.05, 0.1) is 18.5 Å². The summed E-state index contributed by atoms with van der Waals surface area (Å²) in [4.78, 5) is 16.5. The first-order chi connectivity index (χ1) is 11.7. The summed E-state index contributed by atoms with van der Waals surface area (Å²) in [5, 5.41) is 2.95. The summed E-state index contributed by atoms with van der Waals surface area (Å²) in [6, 6.07) is 4.01. The van der Waals surface area contributed by atoms with E-state index >= 15 is 0 Å². The number of hydrogen-bond donors (Lipinski definition) is 1. The highest BCUT2D eigenvalue weighted by molar-refractivity contribution is 6.01. The molecule has 1 aromatic carbocycles. The van der Waals surface area contributed by atoms with E-state index in [-0.39, 0.29) is 11.4 Å². The van der Waals surface area contributed by atoms with Crippen molar-refractivity contribution >= 4 is 17.3 Å². The maximum atomic E-state index is 11.9.